The van der Waals surface area contributed by atoms with Gasteiger partial charge in [-0.05, 0) is 0 Å². The van der Waals surface area contributed by atoms with Crippen molar-refractivity contribution < 1.29 is 39.5 Å². The fraction of sp³-hybridized carbons (Fsp3) is 0. The monoisotopic (exact) mass is 212 g/mol. The van der Waals surface area contributed by atoms with Gasteiger partial charge in [-0.1, -0.05) is 0 Å². The van der Waals surface area contributed by atoms with Gasteiger partial charge in [-0.25, -0.2) is 0 Å². The molecule has 0 saturated heterocycles. The van der Waals surface area contributed by atoms with Crippen molar-refractivity contribution in [1.82, 2.24) is 0 Å². The summed E-state index contributed by atoms with van der Waals surface area (Å²) in [7, 11) is 0. The second-order valence-corrected chi connectivity index (χ2v) is 3.46. The Labute approximate surface area is 73.7 Å². The van der Waals surface area contributed by atoms with Gasteiger partial charge in [0, 0.05) is 0 Å². The van der Waals surface area contributed by atoms with E-state index in [1.807, 2.05) is 0 Å². The standard InChI is InChI=1S/C6H3F2.ClH.Zn/c7-5-3-1-2-4-6(5)8;;/h1,3-4H;1H;/q;;+1/p-1. The van der Waals surface area contributed by atoms with E-state index >= 15 is 0 Å². The largest absolute Gasteiger partial charge is 1.00 e. The molecule has 0 atom stereocenters. The van der Waals surface area contributed by atoms with Crippen LogP contribution >= 0.6 is 0 Å². The first-order chi connectivity index (χ1) is 4.20. The predicted octanol–water partition coefficient (Wildman–Crippen LogP) is -1.86. The van der Waals surface area contributed by atoms with E-state index in [0.29, 0.717) is 0 Å². The van der Waals surface area contributed by atoms with E-state index < -0.39 is 11.6 Å². The summed E-state index contributed by atoms with van der Waals surface area (Å²) in [6.07, 6.45) is 0. The third kappa shape index (κ3) is 2.32. The molecule has 0 unspecified atom stereocenters. The maximum atomic E-state index is 12.2. The van der Waals surface area contributed by atoms with E-state index in [9.17, 15) is 8.78 Å². The number of benzene rings is 1. The molecule has 4 heteroatoms. The Hall–Kier alpha value is -0.00662. The minimum absolute atomic E-state index is 0. The average Bonchev–Trinajstić information content (AvgIpc) is 1.80. The van der Waals surface area contributed by atoms with Crippen molar-refractivity contribution in [2.45, 2.75) is 0 Å². The van der Waals surface area contributed by atoms with E-state index in [0.717, 1.165) is 28.5 Å². The zero-order valence-electron chi connectivity index (χ0n) is 5.07. The van der Waals surface area contributed by atoms with E-state index in [1.54, 1.807) is 6.07 Å². The molecule has 1 rings (SSSR count). The number of hydrogen-bond donors (Lipinski definition) is 0. The van der Waals surface area contributed by atoms with E-state index in [4.69, 9.17) is 0 Å². The summed E-state index contributed by atoms with van der Waals surface area (Å²) in [4.78, 5) is 0. The number of hydrogen-bond acceptors (Lipinski definition) is 0. The quantitative estimate of drug-likeness (QED) is 0.444. The van der Waals surface area contributed by atoms with Crippen molar-refractivity contribution in [2.24, 2.45) is 0 Å². The van der Waals surface area contributed by atoms with Crippen LogP contribution < -0.4 is 16.6 Å². The Morgan fingerprint density at radius 2 is 1.70 bits per heavy atom. The van der Waals surface area contributed by atoms with Crippen LogP contribution in [0.1, 0.15) is 0 Å². The Balaban J connectivity index is 0.000000810. The molecule has 0 heterocycles. The van der Waals surface area contributed by atoms with Crippen LogP contribution in [0.15, 0.2) is 18.2 Å². The first kappa shape index (κ1) is 9.99. The molecule has 0 bridgehead atoms. The second kappa shape index (κ2) is 3.99. The van der Waals surface area contributed by atoms with E-state index in [1.165, 1.54) is 6.07 Å². The van der Waals surface area contributed by atoms with Crippen LogP contribution in [0.3, 0.4) is 0 Å². The van der Waals surface area contributed by atoms with Gasteiger partial charge >= 0.3 is 61.1 Å². The summed E-state index contributed by atoms with van der Waals surface area (Å²) in [5.74, 6) is -1.52. The molecule has 10 heavy (non-hydrogen) atoms. The van der Waals surface area contributed by atoms with Crippen molar-refractivity contribution in [3.8, 4) is 0 Å². The SMILES string of the molecule is Fc1cc[c]([Zn+])cc1F.[Cl-]. The molecule has 0 amide bonds. The first-order valence-electron chi connectivity index (χ1n) is 2.47. The van der Waals surface area contributed by atoms with Gasteiger partial charge in [0.25, 0.3) is 0 Å². The van der Waals surface area contributed by atoms with Gasteiger partial charge in [0.05, 0.1) is 0 Å². The van der Waals surface area contributed by atoms with Crippen molar-refractivity contribution in [1.29, 1.82) is 0 Å². The Bertz CT molecular complexity index is 227. The van der Waals surface area contributed by atoms with Gasteiger partial charge in [-0.2, -0.15) is 0 Å². The zero-order chi connectivity index (χ0) is 6.85. The third-order valence-electron chi connectivity index (χ3n) is 0.984. The fourth-order valence-corrected chi connectivity index (χ4v) is 1.16. The van der Waals surface area contributed by atoms with Crippen LogP contribution in [0.4, 0.5) is 8.78 Å². The second-order valence-electron chi connectivity index (χ2n) is 1.75. The third-order valence-corrected chi connectivity index (χ3v) is 1.91. The molecule has 0 aromatic heterocycles. The van der Waals surface area contributed by atoms with Gasteiger partial charge in [-0.3, -0.25) is 0 Å². The smallest absolute Gasteiger partial charge is 1.00 e. The minimum Gasteiger partial charge on any atom is -1.00 e. The Morgan fingerprint density at radius 1 is 1.10 bits per heavy atom. The molecule has 0 aliphatic carbocycles. The van der Waals surface area contributed by atoms with Gasteiger partial charge in [0.2, 0.25) is 0 Å². The summed E-state index contributed by atoms with van der Waals surface area (Å²) in [6, 6.07) is 3.95. The molecule has 0 nitrogen and oxygen atoms in total. The van der Waals surface area contributed by atoms with E-state index in [-0.39, 0.29) is 12.4 Å². The average molecular weight is 214 g/mol. The number of halogens is 3. The van der Waals surface area contributed by atoms with Crippen molar-refractivity contribution in [3.63, 3.8) is 0 Å². The molecule has 0 spiro atoms. The molecule has 1 aromatic carbocycles. The summed E-state index contributed by atoms with van der Waals surface area (Å²) >= 11 is 0.858. The van der Waals surface area contributed by atoms with Gasteiger partial charge in [0.15, 0.2) is 0 Å². The van der Waals surface area contributed by atoms with Crippen molar-refractivity contribution in [2.75, 3.05) is 0 Å². The molecule has 1 aromatic rings. The van der Waals surface area contributed by atoms with Crippen LogP contribution in [-0.2, 0) is 18.3 Å². The summed E-state index contributed by atoms with van der Waals surface area (Å²) in [6.45, 7) is 0. The van der Waals surface area contributed by atoms with E-state index in [2.05, 4.69) is 0 Å². The topological polar surface area (TPSA) is 0 Å². The molecule has 0 N–H and O–H groups in total. The molecule has 0 saturated carbocycles. The first-order valence-corrected chi connectivity index (χ1v) is 3.95. The van der Waals surface area contributed by atoms with Crippen LogP contribution in [0, 0.1) is 11.6 Å². The Morgan fingerprint density at radius 3 is 2.10 bits per heavy atom. The van der Waals surface area contributed by atoms with Gasteiger partial charge in [-0.15, -0.1) is 0 Å². The summed E-state index contributed by atoms with van der Waals surface area (Å²) < 4.78 is 25.2. The fourth-order valence-electron chi connectivity index (χ4n) is 0.540. The zero-order valence-corrected chi connectivity index (χ0v) is 8.80. The molecular formula is C6H3ClF2Zn. The predicted molar refractivity (Wildman–Crippen MR) is 26.0 cm³/mol. The van der Waals surface area contributed by atoms with Gasteiger partial charge in [0.1, 0.15) is 0 Å². The molecule has 0 aliphatic heterocycles. The van der Waals surface area contributed by atoms with Crippen LogP contribution in [0.5, 0.6) is 0 Å². The maximum absolute atomic E-state index is 12.2. The number of rotatable bonds is 0. The molecular weight excluding hydrogens is 211 g/mol. The normalized spacial score (nSPS) is 8.80. The summed E-state index contributed by atoms with van der Waals surface area (Å²) in [5, 5.41) is 0. The maximum Gasteiger partial charge on any atom is -1.00 e. The molecule has 0 aliphatic rings. The summed E-state index contributed by atoms with van der Waals surface area (Å²) in [5.41, 5.74) is 0. The van der Waals surface area contributed by atoms with Crippen LogP contribution in [0.2, 0.25) is 0 Å². The minimum atomic E-state index is -0.771. The van der Waals surface area contributed by atoms with Crippen LogP contribution in [-0.4, -0.2) is 0 Å². The van der Waals surface area contributed by atoms with Crippen LogP contribution in [0.25, 0.3) is 0 Å². The van der Waals surface area contributed by atoms with Crippen molar-refractivity contribution in [3.05, 3.63) is 29.8 Å². The van der Waals surface area contributed by atoms with Gasteiger partial charge < -0.3 is 12.4 Å². The molecule has 50 valence electrons. The molecule has 0 radical (unpaired) electrons. The molecule has 0 fully saturated rings. The van der Waals surface area contributed by atoms with Crippen molar-refractivity contribution >= 4 is 4.16 Å². The Kier molecular flexibility index (Phi) is 3.99.